The Morgan fingerprint density at radius 2 is 1.84 bits per heavy atom. The van der Waals surface area contributed by atoms with E-state index in [1.165, 1.54) is 0 Å². The summed E-state index contributed by atoms with van der Waals surface area (Å²) in [7, 11) is 0. The summed E-state index contributed by atoms with van der Waals surface area (Å²) in [6.07, 6.45) is 3.55. The lowest BCUT2D eigenvalue weighted by molar-refractivity contribution is -0.148. The summed E-state index contributed by atoms with van der Waals surface area (Å²) in [4.78, 5) is 27.5. The van der Waals surface area contributed by atoms with E-state index in [4.69, 9.17) is 17.3 Å². The van der Waals surface area contributed by atoms with Gasteiger partial charge in [-0.3, -0.25) is 9.59 Å². The van der Waals surface area contributed by atoms with Crippen LogP contribution in [-0.2, 0) is 15.0 Å². The zero-order valence-corrected chi connectivity index (χ0v) is 15.6. The Morgan fingerprint density at radius 1 is 1.20 bits per heavy atom. The number of carbonyl (C=O) groups excluding carboxylic acids is 2. The van der Waals surface area contributed by atoms with Crippen molar-refractivity contribution in [2.45, 2.75) is 44.9 Å². The molecule has 5 heteroatoms. The number of carbonyl (C=O) groups is 2. The molecule has 0 aromatic heterocycles. The van der Waals surface area contributed by atoms with Crippen molar-refractivity contribution >= 4 is 23.4 Å². The monoisotopic (exact) mass is 360 g/mol. The van der Waals surface area contributed by atoms with Gasteiger partial charge in [-0.25, -0.2) is 0 Å². The van der Waals surface area contributed by atoms with Gasteiger partial charge in [0.05, 0.1) is 10.8 Å². The van der Waals surface area contributed by atoms with E-state index in [0.29, 0.717) is 18.1 Å². The van der Waals surface area contributed by atoms with Crippen LogP contribution in [0.3, 0.4) is 0 Å². The summed E-state index contributed by atoms with van der Waals surface area (Å²) < 4.78 is 0. The number of nitrogens with zero attached hydrogens (tertiary/aromatic N) is 1. The van der Waals surface area contributed by atoms with E-state index in [1.807, 2.05) is 29.2 Å². The highest BCUT2D eigenvalue weighted by atomic mass is 35.5. The van der Waals surface area contributed by atoms with Crippen LogP contribution in [0, 0.1) is 16.7 Å². The quantitative estimate of drug-likeness (QED) is 0.900. The maximum Gasteiger partial charge on any atom is 0.233 e. The largest absolute Gasteiger partial charge is 0.369 e. The first-order valence-electron chi connectivity index (χ1n) is 9.07. The van der Waals surface area contributed by atoms with Crippen molar-refractivity contribution in [3.63, 3.8) is 0 Å². The SMILES string of the molecule is CC1(C)C[C@]2(C(N)=O)CN(C(=O)C3(c4ccc(Cl)cc4)CCC3)C[C@H]12. The van der Waals surface area contributed by atoms with Gasteiger partial charge in [-0.1, -0.05) is 44.0 Å². The average molecular weight is 361 g/mol. The van der Waals surface area contributed by atoms with Crippen LogP contribution >= 0.6 is 11.6 Å². The molecule has 3 aliphatic rings. The number of likely N-dealkylation sites (tertiary alicyclic amines) is 1. The van der Waals surface area contributed by atoms with Gasteiger partial charge in [-0.05, 0) is 48.3 Å². The first-order valence-corrected chi connectivity index (χ1v) is 9.44. The number of amides is 2. The molecule has 2 N–H and O–H groups in total. The Bertz CT molecular complexity index is 739. The maximum atomic E-state index is 13.5. The third-order valence-corrected chi connectivity index (χ3v) is 7.30. The first kappa shape index (κ1) is 16.9. The summed E-state index contributed by atoms with van der Waals surface area (Å²) in [5.74, 6) is 0.0805. The molecule has 2 amide bonds. The lowest BCUT2D eigenvalue weighted by atomic mass is 9.48. The fraction of sp³-hybridized carbons (Fsp3) is 0.600. The maximum absolute atomic E-state index is 13.5. The Labute approximate surface area is 153 Å². The van der Waals surface area contributed by atoms with Crippen molar-refractivity contribution in [3.8, 4) is 0 Å². The summed E-state index contributed by atoms with van der Waals surface area (Å²) >= 11 is 6.01. The van der Waals surface area contributed by atoms with Crippen LogP contribution < -0.4 is 5.73 Å². The number of primary amides is 1. The third-order valence-electron chi connectivity index (χ3n) is 7.05. The third kappa shape index (κ3) is 2.19. The molecule has 1 aromatic carbocycles. The van der Waals surface area contributed by atoms with Gasteiger partial charge >= 0.3 is 0 Å². The van der Waals surface area contributed by atoms with Gasteiger partial charge in [-0.2, -0.15) is 0 Å². The van der Waals surface area contributed by atoms with E-state index in [1.54, 1.807) is 0 Å². The smallest absolute Gasteiger partial charge is 0.233 e. The van der Waals surface area contributed by atoms with E-state index in [0.717, 1.165) is 31.2 Å². The van der Waals surface area contributed by atoms with Crippen LogP contribution in [0.5, 0.6) is 0 Å². The molecular formula is C20H25ClN2O2. The molecule has 4 rings (SSSR count). The molecule has 3 fully saturated rings. The number of nitrogens with two attached hydrogens (primary N) is 1. The number of hydrogen-bond donors (Lipinski definition) is 1. The van der Waals surface area contributed by atoms with Crippen molar-refractivity contribution in [1.82, 2.24) is 4.90 Å². The van der Waals surface area contributed by atoms with E-state index in [-0.39, 0.29) is 23.1 Å². The van der Waals surface area contributed by atoms with E-state index in [2.05, 4.69) is 13.8 Å². The van der Waals surface area contributed by atoms with E-state index >= 15 is 0 Å². The minimum atomic E-state index is -0.524. The Kier molecular flexibility index (Phi) is 3.53. The number of hydrogen-bond acceptors (Lipinski definition) is 2. The predicted octanol–water partition coefficient (Wildman–Crippen LogP) is 3.12. The van der Waals surface area contributed by atoms with E-state index < -0.39 is 10.8 Å². The molecule has 2 atom stereocenters. The second-order valence-corrected chi connectivity index (χ2v) is 9.30. The molecule has 1 saturated heterocycles. The number of fused-ring (bicyclic) bond motifs is 1. The fourth-order valence-electron chi connectivity index (χ4n) is 5.61. The van der Waals surface area contributed by atoms with Gasteiger partial charge in [0, 0.05) is 18.1 Å². The molecule has 4 nitrogen and oxygen atoms in total. The molecule has 0 radical (unpaired) electrons. The molecule has 134 valence electrons. The molecule has 2 saturated carbocycles. The van der Waals surface area contributed by atoms with Gasteiger partial charge in [-0.15, -0.1) is 0 Å². The highest BCUT2D eigenvalue weighted by Crippen LogP contribution is 2.63. The molecule has 1 aliphatic heterocycles. The molecule has 1 aromatic rings. The standard InChI is InChI=1S/C20H25ClN2O2/c1-18(2)11-20(16(22)24)12-23(10-15(18)20)17(25)19(8-3-9-19)13-4-6-14(21)7-5-13/h4-7,15H,3,8-12H2,1-2H3,(H2,22,24)/t15-,20+/m1/s1. The van der Waals surface area contributed by atoms with Crippen molar-refractivity contribution in [2.24, 2.45) is 22.5 Å². The van der Waals surface area contributed by atoms with Crippen LogP contribution in [0.25, 0.3) is 0 Å². The lowest BCUT2D eigenvalue weighted by Crippen LogP contribution is -2.59. The van der Waals surface area contributed by atoms with Crippen molar-refractivity contribution in [3.05, 3.63) is 34.9 Å². The van der Waals surface area contributed by atoms with Crippen LogP contribution in [-0.4, -0.2) is 29.8 Å². The van der Waals surface area contributed by atoms with Crippen molar-refractivity contribution in [2.75, 3.05) is 13.1 Å². The Morgan fingerprint density at radius 3 is 2.28 bits per heavy atom. The van der Waals surface area contributed by atoms with Gasteiger partial charge in [0.15, 0.2) is 0 Å². The number of rotatable bonds is 3. The number of benzene rings is 1. The molecular weight excluding hydrogens is 336 g/mol. The second-order valence-electron chi connectivity index (χ2n) is 8.87. The highest BCUT2D eigenvalue weighted by Gasteiger charge is 2.67. The first-order chi connectivity index (χ1) is 11.7. The van der Waals surface area contributed by atoms with Crippen LogP contribution in [0.1, 0.15) is 45.1 Å². The molecule has 0 spiro atoms. The zero-order valence-electron chi connectivity index (χ0n) is 14.8. The molecule has 25 heavy (non-hydrogen) atoms. The topological polar surface area (TPSA) is 63.4 Å². The summed E-state index contributed by atoms with van der Waals surface area (Å²) in [5, 5.41) is 0.680. The summed E-state index contributed by atoms with van der Waals surface area (Å²) in [6, 6.07) is 7.65. The van der Waals surface area contributed by atoms with Crippen LogP contribution in [0.4, 0.5) is 0 Å². The minimum absolute atomic E-state index is 0.0666. The Balaban J connectivity index is 1.63. The normalized spacial score (nSPS) is 31.6. The summed E-state index contributed by atoms with van der Waals surface area (Å²) in [6.45, 7) is 5.46. The van der Waals surface area contributed by atoms with E-state index in [9.17, 15) is 9.59 Å². The minimum Gasteiger partial charge on any atom is -0.369 e. The molecule has 1 heterocycles. The lowest BCUT2D eigenvalue weighted by Gasteiger charge is -2.54. The van der Waals surface area contributed by atoms with Gasteiger partial charge in [0.2, 0.25) is 11.8 Å². The van der Waals surface area contributed by atoms with Gasteiger partial charge in [0.25, 0.3) is 0 Å². The zero-order chi connectivity index (χ0) is 18.0. The predicted molar refractivity (Wildman–Crippen MR) is 97.1 cm³/mol. The fourth-order valence-corrected chi connectivity index (χ4v) is 5.74. The summed E-state index contributed by atoms with van der Waals surface area (Å²) in [5.41, 5.74) is 5.89. The molecule has 0 unspecified atom stereocenters. The van der Waals surface area contributed by atoms with Crippen LogP contribution in [0.2, 0.25) is 5.02 Å². The highest BCUT2D eigenvalue weighted by molar-refractivity contribution is 6.30. The molecule has 0 bridgehead atoms. The molecule has 2 aliphatic carbocycles. The van der Waals surface area contributed by atoms with Crippen molar-refractivity contribution in [1.29, 1.82) is 0 Å². The number of halogens is 1. The average Bonchev–Trinajstić information content (AvgIpc) is 2.84. The van der Waals surface area contributed by atoms with Gasteiger partial charge < -0.3 is 10.6 Å². The van der Waals surface area contributed by atoms with Crippen LogP contribution in [0.15, 0.2) is 24.3 Å². The second kappa shape index (κ2) is 5.23. The van der Waals surface area contributed by atoms with Gasteiger partial charge in [0.1, 0.15) is 0 Å². The van der Waals surface area contributed by atoms with Crippen molar-refractivity contribution < 1.29 is 9.59 Å². The Hall–Kier alpha value is -1.55.